The number of anilines is 1. The quantitative estimate of drug-likeness (QED) is 0.886. The molecule has 0 spiro atoms. The van der Waals surface area contributed by atoms with Crippen LogP contribution in [0.1, 0.15) is 40.0 Å². The van der Waals surface area contributed by atoms with E-state index in [2.05, 4.69) is 40.1 Å². The van der Waals surface area contributed by atoms with Gasteiger partial charge >= 0.3 is 0 Å². The number of aromatic nitrogens is 1. The first kappa shape index (κ1) is 14.7. The number of ketones is 1. The van der Waals surface area contributed by atoms with Gasteiger partial charge in [0.15, 0.2) is 0 Å². The van der Waals surface area contributed by atoms with Crippen molar-refractivity contribution < 1.29 is 9.59 Å². The first-order valence-corrected chi connectivity index (χ1v) is 7.99. The van der Waals surface area contributed by atoms with Crippen molar-refractivity contribution in [2.75, 3.05) is 5.32 Å². The summed E-state index contributed by atoms with van der Waals surface area (Å²) in [6.45, 7) is 6.12. The third kappa shape index (κ3) is 1.76. The molecule has 0 unspecified atom stereocenters. The summed E-state index contributed by atoms with van der Waals surface area (Å²) in [6.07, 6.45) is 3.56. The predicted octanol–water partition coefficient (Wildman–Crippen LogP) is 3.57. The fraction of sp³-hybridized carbons (Fsp3) is 0.562. The fourth-order valence-electron chi connectivity index (χ4n) is 4.05. The number of hydrogen-bond donors (Lipinski definition) is 1. The number of Topliss-reactive ketones (excluding diaryl/α,β-unsaturated/α-hetero) is 1. The van der Waals surface area contributed by atoms with Gasteiger partial charge in [0.25, 0.3) is 0 Å². The molecule has 0 aromatic carbocycles. The van der Waals surface area contributed by atoms with Crippen molar-refractivity contribution in [1.82, 2.24) is 4.98 Å². The van der Waals surface area contributed by atoms with Crippen LogP contribution in [0.4, 0.5) is 5.82 Å². The monoisotopic (exact) mass is 350 g/mol. The van der Waals surface area contributed by atoms with Crippen LogP contribution in [0.15, 0.2) is 22.8 Å². The third-order valence-electron chi connectivity index (χ3n) is 6.11. The van der Waals surface area contributed by atoms with E-state index >= 15 is 0 Å². The Balaban J connectivity index is 1.91. The number of nitrogens with zero attached hydrogens (tertiary/aromatic N) is 1. The van der Waals surface area contributed by atoms with E-state index < -0.39 is 5.41 Å². The molecule has 1 amide bonds. The minimum atomic E-state index is -0.604. The van der Waals surface area contributed by atoms with Crippen LogP contribution in [0.5, 0.6) is 0 Å². The molecule has 0 radical (unpaired) electrons. The summed E-state index contributed by atoms with van der Waals surface area (Å²) in [6, 6.07) is 3.60. The Hall–Kier alpha value is -1.23. The molecule has 21 heavy (non-hydrogen) atoms. The molecule has 2 saturated carbocycles. The fourth-order valence-corrected chi connectivity index (χ4v) is 4.28. The summed E-state index contributed by atoms with van der Waals surface area (Å²) >= 11 is 3.32. The Bertz CT molecular complexity index is 626. The van der Waals surface area contributed by atoms with Crippen molar-refractivity contribution in [1.29, 1.82) is 0 Å². The van der Waals surface area contributed by atoms with Gasteiger partial charge in [-0.25, -0.2) is 4.98 Å². The van der Waals surface area contributed by atoms with Crippen molar-refractivity contribution in [2.24, 2.45) is 16.2 Å². The van der Waals surface area contributed by atoms with E-state index in [0.29, 0.717) is 12.2 Å². The Kier molecular flexibility index (Phi) is 3.07. The number of hydrogen-bond acceptors (Lipinski definition) is 3. The number of carbonyl (C=O) groups excluding carboxylic acids is 2. The van der Waals surface area contributed by atoms with Gasteiger partial charge in [-0.15, -0.1) is 0 Å². The van der Waals surface area contributed by atoms with Gasteiger partial charge in [-0.1, -0.05) is 20.8 Å². The third-order valence-corrected chi connectivity index (χ3v) is 6.58. The van der Waals surface area contributed by atoms with Crippen LogP contribution in [-0.2, 0) is 9.59 Å². The zero-order valence-corrected chi connectivity index (χ0v) is 14.1. The minimum absolute atomic E-state index is 0.0723. The van der Waals surface area contributed by atoms with Crippen molar-refractivity contribution in [2.45, 2.75) is 40.0 Å². The van der Waals surface area contributed by atoms with Gasteiger partial charge in [0.2, 0.25) is 5.91 Å². The molecule has 5 heteroatoms. The van der Waals surface area contributed by atoms with Crippen LogP contribution >= 0.6 is 15.9 Å². The van der Waals surface area contributed by atoms with Gasteiger partial charge in [0, 0.05) is 22.5 Å². The summed E-state index contributed by atoms with van der Waals surface area (Å²) in [5.41, 5.74) is -1.30. The SMILES string of the molecule is CC1(C)[C@]2(C(=O)Nc3ccc(Br)cn3)CC[C@@]1(C)C(=O)C2. The van der Waals surface area contributed by atoms with E-state index in [4.69, 9.17) is 0 Å². The normalized spacial score (nSPS) is 33.2. The summed E-state index contributed by atoms with van der Waals surface area (Å²) in [5, 5.41) is 2.90. The smallest absolute Gasteiger partial charge is 0.232 e. The lowest BCUT2D eigenvalue weighted by atomic mass is 9.64. The molecule has 4 nitrogen and oxygen atoms in total. The first-order chi connectivity index (χ1) is 9.73. The molecular weight excluding hydrogens is 332 g/mol. The molecule has 2 aliphatic carbocycles. The van der Waals surface area contributed by atoms with E-state index in [1.807, 2.05) is 13.0 Å². The highest BCUT2D eigenvalue weighted by molar-refractivity contribution is 9.10. The van der Waals surface area contributed by atoms with Crippen LogP contribution in [0.3, 0.4) is 0 Å². The van der Waals surface area contributed by atoms with Crippen LogP contribution in [-0.4, -0.2) is 16.7 Å². The second kappa shape index (κ2) is 4.38. The van der Waals surface area contributed by atoms with Crippen molar-refractivity contribution >= 4 is 33.4 Å². The van der Waals surface area contributed by atoms with Gasteiger partial charge in [-0.05, 0) is 46.3 Å². The molecule has 2 fully saturated rings. The molecule has 1 aromatic heterocycles. The van der Waals surface area contributed by atoms with E-state index in [-0.39, 0.29) is 22.5 Å². The number of rotatable bonds is 2. The number of carbonyl (C=O) groups is 2. The highest BCUT2D eigenvalue weighted by Crippen LogP contribution is 2.70. The van der Waals surface area contributed by atoms with Gasteiger partial charge in [0.05, 0.1) is 5.41 Å². The van der Waals surface area contributed by atoms with E-state index in [1.165, 1.54) is 0 Å². The lowest BCUT2D eigenvalue weighted by Gasteiger charge is -2.38. The predicted molar refractivity (Wildman–Crippen MR) is 83.7 cm³/mol. The number of pyridine rings is 1. The van der Waals surface area contributed by atoms with Gasteiger partial charge in [0.1, 0.15) is 11.6 Å². The summed E-state index contributed by atoms with van der Waals surface area (Å²) in [5.74, 6) is 0.677. The summed E-state index contributed by atoms with van der Waals surface area (Å²) in [7, 11) is 0. The number of amides is 1. The van der Waals surface area contributed by atoms with Crippen LogP contribution in [0, 0.1) is 16.2 Å². The highest BCUT2D eigenvalue weighted by atomic mass is 79.9. The largest absolute Gasteiger partial charge is 0.310 e. The summed E-state index contributed by atoms with van der Waals surface area (Å²) < 4.78 is 0.864. The number of halogens is 1. The Morgan fingerprint density at radius 3 is 2.48 bits per heavy atom. The Labute approximate surface area is 132 Å². The second-order valence-electron chi connectivity index (χ2n) is 6.95. The van der Waals surface area contributed by atoms with E-state index in [9.17, 15) is 9.59 Å². The lowest BCUT2D eigenvalue weighted by Crippen LogP contribution is -2.43. The Morgan fingerprint density at radius 1 is 1.29 bits per heavy atom. The average molecular weight is 351 g/mol. The molecule has 112 valence electrons. The Morgan fingerprint density at radius 2 is 2.00 bits per heavy atom. The molecule has 2 bridgehead atoms. The lowest BCUT2D eigenvalue weighted by molar-refractivity contribution is -0.131. The molecule has 3 rings (SSSR count). The average Bonchev–Trinajstić information content (AvgIpc) is 2.72. The molecular formula is C16H19BrN2O2. The maximum atomic E-state index is 12.9. The van der Waals surface area contributed by atoms with E-state index in [1.54, 1.807) is 12.3 Å². The molecule has 0 saturated heterocycles. The topological polar surface area (TPSA) is 59.1 Å². The van der Waals surface area contributed by atoms with Gasteiger partial charge < -0.3 is 5.32 Å². The molecule has 1 N–H and O–H groups in total. The minimum Gasteiger partial charge on any atom is -0.310 e. The van der Waals surface area contributed by atoms with Gasteiger partial charge in [-0.2, -0.15) is 0 Å². The molecule has 1 aromatic rings. The maximum absolute atomic E-state index is 12.9. The molecule has 2 aliphatic rings. The second-order valence-corrected chi connectivity index (χ2v) is 7.87. The maximum Gasteiger partial charge on any atom is 0.232 e. The van der Waals surface area contributed by atoms with Crippen molar-refractivity contribution in [3.63, 3.8) is 0 Å². The van der Waals surface area contributed by atoms with Crippen LogP contribution in [0.2, 0.25) is 0 Å². The molecule has 1 heterocycles. The summed E-state index contributed by atoms with van der Waals surface area (Å²) in [4.78, 5) is 29.4. The van der Waals surface area contributed by atoms with Crippen LogP contribution in [0.25, 0.3) is 0 Å². The highest BCUT2D eigenvalue weighted by Gasteiger charge is 2.72. The number of fused-ring (bicyclic) bond motifs is 2. The molecule has 2 atom stereocenters. The molecule has 0 aliphatic heterocycles. The van der Waals surface area contributed by atoms with Crippen LogP contribution < -0.4 is 5.32 Å². The van der Waals surface area contributed by atoms with E-state index in [0.717, 1.165) is 17.3 Å². The standard InChI is InChI=1S/C16H19BrN2O2/c1-14(2)15(3)6-7-16(14,8-11(15)20)13(21)19-12-5-4-10(17)9-18-12/h4-5,9H,6-8H2,1-3H3,(H,18,19,21)/t15-,16+/m0/s1. The van der Waals surface area contributed by atoms with Crippen molar-refractivity contribution in [3.8, 4) is 0 Å². The zero-order valence-electron chi connectivity index (χ0n) is 12.5. The van der Waals surface area contributed by atoms with Gasteiger partial charge in [-0.3, -0.25) is 9.59 Å². The number of nitrogens with one attached hydrogen (secondary N) is 1. The first-order valence-electron chi connectivity index (χ1n) is 7.19. The zero-order chi connectivity index (χ0) is 15.5. The van der Waals surface area contributed by atoms with Crippen molar-refractivity contribution in [3.05, 3.63) is 22.8 Å².